The lowest BCUT2D eigenvalue weighted by Gasteiger charge is -2.17. The summed E-state index contributed by atoms with van der Waals surface area (Å²) in [5.41, 5.74) is 5.05. The van der Waals surface area contributed by atoms with E-state index in [1.165, 1.54) is 28.2 Å². The summed E-state index contributed by atoms with van der Waals surface area (Å²) in [6.07, 6.45) is 2.90. The second kappa shape index (κ2) is 10.2. The normalized spacial score (nSPS) is 13.0. The minimum absolute atomic E-state index is 0.0127. The van der Waals surface area contributed by atoms with Gasteiger partial charge in [-0.15, -0.1) is 0 Å². The van der Waals surface area contributed by atoms with Crippen molar-refractivity contribution < 1.29 is 24.2 Å². The predicted molar refractivity (Wildman–Crippen MR) is 125 cm³/mol. The smallest absolute Gasteiger partial charge is 0.407 e. The summed E-state index contributed by atoms with van der Waals surface area (Å²) < 4.78 is 6.76. The van der Waals surface area contributed by atoms with E-state index in [2.05, 4.69) is 40.0 Å². The number of carbonyl (C=O) groups is 3. The van der Waals surface area contributed by atoms with E-state index >= 15 is 0 Å². The quantitative estimate of drug-likeness (QED) is 0.446. The standard InChI is InChI=1S/C25H26N4O5/c1-16(10-11-23(30)28-17-12-26-29(13-17)14-24(31)32)27-25(33)34-15-22-20-8-4-2-6-18(20)19-7-3-5-9-21(19)22/h2-9,12-13,16,22H,10-11,14-15H2,1H3,(H,27,33)(H,28,30)(H,31,32). The molecule has 9 heteroatoms. The number of carbonyl (C=O) groups excluding carboxylic acids is 2. The lowest BCUT2D eigenvalue weighted by Crippen LogP contribution is -2.34. The molecule has 1 unspecified atom stereocenters. The molecular formula is C25H26N4O5. The van der Waals surface area contributed by atoms with Crippen LogP contribution in [0, 0.1) is 0 Å². The van der Waals surface area contributed by atoms with Crippen LogP contribution in [-0.4, -0.2) is 45.5 Å². The van der Waals surface area contributed by atoms with Crippen LogP contribution in [0.25, 0.3) is 11.1 Å². The Hall–Kier alpha value is -4.14. The zero-order valence-corrected chi connectivity index (χ0v) is 18.7. The van der Waals surface area contributed by atoms with Crippen LogP contribution in [0.5, 0.6) is 0 Å². The first-order valence-electron chi connectivity index (χ1n) is 11.1. The lowest BCUT2D eigenvalue weighted by atomic mass is 9.98. The Morgan fingerprint density at radius 1 is 1.09 bits per heavy atom. The summed E-state index contributed by atoms with van der Waals surface area (Å²) in [6, 6.07) is 16.0. The number of nitrogens with zero attached hydrogens (tertiary/aromatic N) is 2. The third-order valence-corrected chi connectivity index (χ3v) is 5.73. The van der Waals surface area contributed by atoms with Crippen LogP contribution in [0.3, 0.4) is 0 Å². The Morgan fingerprint density at radius 2 is 1.74 bits per heavy atom. The molecule has 3 N–H and O–H groups in total. The predicted octanol–water partition coefficient (Wildman–Crippen LogP) is 3.61. The second-order valence-electron chi connectivity index (χ2n) is 8.28. The van der Waals surface area contributed by atoms with E-state index in [4.69, 9.17) is 9.84 Å². The molecule has 3 aromatic rings. The fourth-order valence-electron chi connectivity index (χ4n) is 4.14. The van der Waals surface area contributed by atoms with Crippen LogP contribution in [0.4, 0.5) is 10.5 Å². The van der Waals surface area contributed by atoms with Gasteiger partial charge in [-0.2, -0.15) is 5.10 Å². The van der Waals surface area contributed by atoms with Crippen molar-refractivity contribution in [3.05, 3.63) is 72.1 Å². The minimum atomic E-state index is -1.02. The van der Waals surface area contributed by atoms with Crippen molar-refractivity contribution in [2.75, 3.05) is 11.9 Å². The molecule has 1 aromatic heterocycles. The van der Waals surface area contributed by atoms with Gasteiger partial charge in [0.15, 0.2) is 0 Å². The highest BCUT2D eigenvalue weighted by molar-refractivity contribution is 5.90. The average Bonchev–Trinajstić information content (AvgIpc) is 3.37. The van der Waals surface area contributed by atoms with E-state index in [0.29, 0.717) is 12.1 Å². The minimum Gasteiger partial charge on any atom is -0.480 e. The van der Waals surface area contributed by atoms with E-state index in [9.17, 15) is 14.4 Å². The van der Waals surface area contributed by atoms with E-state index in [1.807, 2.05) is 24.3 Å². The van der Waals surface area contributed by atoms with Gasteiger partial charge < -0.3 is 20.5 Å². The van der Waals surface area contributed by atoms with Gasteiger partial charge in [-0.1, -0.05) is 48.5 Å². The maximum absolute atomic E-state index is 12.4. The molecule has 9 nitrogen and oxygen atoms in total. The molecule has 4 rings (SSSR count). The zero-order valence-electron chi connectivity index (χ0n) is 18.7. The van der Waals surface area contributed by atoms with Gasteiger partial charge in [-0.25, -0.2) is 4.79 Å². The van der Waals surface area contributed by atoms with Crippen LogP contribution in [0.15, 0.2) is 60.9 Å². The van der Waals surface area contributed by atoms with Crippen LogP contribution in [0.1, 0.15) is 36.8 Å². The van der Waals surface area contributed by atoms with E-state index < -0.39 is 12.1 Å². The number of benzene rings is 2. The Morgan fingerprint density at radius 3 is 2.38 bits per heavy atom. The molecule has 0 bridgehead atoms. The van der Waals surface area contributed by atoms with Crippen molar-refractivity contribution in [1.82, 2.24) is 15.1 Å². The van der Waals surface area contributed by atoms with Gasteiger partial charge in [0, 0.05) is 24.6 Å². The highest BCUT2D eigenvalue weighted by Crippen LogP contribution is 2.44. The third-order valence-electron chi connectivity index (χ3n) is 5.73. The number of amides is 2. The number of aromatic nitrogens is 2. The third kappa shape index (κ3) is 5.43. The number of nitrogens with one attached hydrogen (secondary N) is 2. The number of fused-ring (bicyclic) bond motifs is 3. The molecule has 176 valence electrons. The fourth-order valence-corrected chi connectivity index (χ4v) is 4.14. The van der Waals surface area contributed by atoms with Crippen molar-refractivity contribution >= 4 is 23.7 Å². The number of carboxylic acid groups (broad SMARTS) is 1. The Balaban J connectivity index is 1.23. The monoisotopic (exact) mass is 462 g/mol. The Labute approximate surface area is 196 Å². The highest BCUT2D eigenvalue weighted by Gasteiger charge is 2.29. The molecule has 1 atom stereocenters. The van der Waals surface area contributed by atoms with Gasteiger partial charge in [0.2, 0.25) is 5.91 Å². The maximum atomic E-state index is 12.4. The van der Waals surface area contributed by atoms with Crippen LogP contribution < -0.4 is 10.6 Å². The van der Waals surface area contributed by atoms with Crippen molar-refractivity contribution in [3.63, 3.8) is 0 Å². The first kappa shape index (κ1) is 23.0. The first-order chi connectivity index (χ1) is 16.4. The number of ether oxygens (including phenoxy) is 1. The molecule has 0 saturated heterocycles. The molecule has 34 heavy (non-hydrogen) atoms. The Bertz CT molecular complexity index is 1160. The molecule has 1 aliphatic carbocycles. The van der Waals surface area contributed by atoms with Crippen molar-refractivity contribution in [1.29, 1.82) is 0 Å². The molecule has 2 amide bonds. The Kier molecular flexibility index (Phi) is 6.91. The number of carboxylic acids is 1. The second-order valence-corrected chi connectivity index (χ2v) is 8.28. The van der Waals surface area contributed by atoms with Crippen LogP contribution in [0.2, 0.25) is 0 Å². The molecule has 0 aliphatic heterocycles. The van der Waals surface area contributed by atoms with Gasteiger partial charge in [0.05, 0.1) is 11.9 Å². The van der Waals surface area contributed by atoms with Gasteiger partial charge in [-0.05, 0) is 35.6 Å². The topological polar surface area (TPSA) is 123 Å². The molecule has 0 fully saturated rings. The summed E-state index contributed by atoms with van der Waals surface area (Å²) in [6.45, 7) is 1.75. The maximum Gasteiger partial charge on any atom is 0.407 e. The summed E-state index contributed by atoms with van der Waals surface area (Å²) in [4.78, 5) is 35.2. The van der Waals surface area contributed by atoms with Crippen molar-refractivity contribution in [3.8, 4) is 11.1 Å². The average molecular weight is 463 g/mol. The van der Waals surface area contributed by atoms with E-state index in [-0.39, 0.29) is 37.4 Å². The molecule has 0 saturated carbocycles. The number of alkyl carbamates (subject to hydrolysis) is 1. The number of rotatable bonds is 9. The molecular weight excluding hydrogens is 436 g/mol. The molecule has 0 radical (unpaired) electrons. The van der Waals surface area contributed by atoms with Crippen molar-refractivity contribution in [2.45, 2.75) is 38.3 Å². The number of aliphatic carboxylic acids is 1. The van der Waals surface area contributed by atoms with E-state index in [0.717, 1.165) is 11.1 Å². The number of hydrogen-bond donors (Lipinski definition) is 3. The van der Waals surface area contributed by atoms with Gasteiger partial charge >= 0.3 is 12.1 Å². The summed E-state index contributed by atoms with van der Waals surface area (Å²) in [5.74, 6) is -1.29. The molecule has 1 heterocycles. The SMILES string of the molecule is CC(CCC(=O)Nc1cnn(CC(=O)O)c1)NC(=O)OCC1c2ccccc2-c2ccccc21. The largest absolute Gasteiger partial charge is 0.480 e. The molecule has 1 aliphatic rings. The molecule has 0 spiro atoms. The lowest BCUT2D eigenvalue weighted by molar-refractivity contribution is -0.137. The summed E-state index contributed by atoms with van der Waals surface area (Å²) in [7, 11) is 0. The first-order valence-corrected chi connectivity index (χ1v) is 11.1. The van der Waals surface area contributed by atoms with Crippen molar-refractivity contribution in [2.24, 2.45) is 0 Å². The number of hydrogen-bond acceptors (Lipinski definition) is 5. The van der Waals surface area contributed by atoms with Gasteiger partial charge in [0.25, 0.3) is 0 Å². The van der Waals surface area contributed by atoms with Gasteiger partial charge in [0.1, 0.15) is 13.2 Å². The van der Waals surface area contributed by atoms with Crippen LogP contribution >= 0.6 is 0 Å². The zero-order chi connectivity index (χ0) is 24.1. The summed E-state index contributed by atoms with van der Waals surface area (Å²) >= 11 is 0. The number of anilines is 1. The highest BCUT2D eigenvalue weighted by atomic mass is 16.5. The van der Waals surface area contributed by atoms with Crippen LogP contribution in [-0.2, 0) is 20.9 Å². The van der Waals surface area contributed by atoms with E-state index in [1.54, 1.807) is 6.92 Å². The fraction of sp³-hybridized carbons (Fsp3) is 0.280. The summed E-state index contributed by atoms with van der Waals surface area (Å²) in [5, 5.41) is 18.1. The molecule has 2 aromatic carbocycles. The van der Waals surface area contributed by atoms with Gasteiger partial charge in [-0.3, -0.25) is 14.3 Å².